The Morgan fingerprint density at radius 1 is 1.00 bits per heavy atom. The van der Waals surface area contributed by atoms with E-state index in [0.29, 0.717) is 0 Å². The van der Waals surface area contributed by atoms with E-state index in [1.807, 2.05) is 6.07 Å². The van der Waals surface area contributed by atoms with Gasteiger partial charge in [0, 0.05) is 18.6 Å². The highest BCUT2D eigenvalue weighted by atomic mass is 32.1. The first kappa shape index (κ1) is 8.43. The predicted molar refractivity (Wildman–Crippen MR) is 58.4 cm³/mol. The molecule has 5 heteroatoms. The second-order valence-electron chi connectivity index (χ2n) is 2.95. The van der Waals surface area contributed by atoms with Crippen LogP contribution in [0, 0.1) is 0 Å². The third kappa shape index (κ3) is 1.46. The Morgan fingerprint density at radius 3 is 2.73 bits per heavy atom. The molecule has 0 spiro atoms. The molecule has 0 bridgehead atoms. The van der Waals surface area contributed by atoms with Crippen LogP contribution < -0.4 is 0 Å². The maximum absolute atomic E-state index is 4.44. The summed E-state index contributed by atoms with van der Waals surface area (Å²) in [7, 11) is 0. The quantitative estimate of drug-likeness (QED) is 0.622. The molecule has 0 N–H and O–H groups in total. The average Bonchev–Trinajstić information content (AvgIpc) is 2.74. The highest BCUT2D eigenvalue weighted by molar-refractivity contribution is 7.21. The number of hydrogen-bond donors (Lipinski definition) is 0. The van der Waals surface area contributed by atoms with Gasteiger partial charge in [0.2, 0.25) is 0 Å². The average molecular weight is 214 g/mol. The molecule has 3 heterocycles. The summed E-state index contributed by atoms with van der Waals surface area (Å²) in [6.07, 6.45) is 8.55. The Bertz CT molecular complexity index is 557. The maximum atomic E-state index is 4.44. The summed E-state index contributed by atoms with van der Waals surface area (Å²) in [5.41, 5.74) is 1.71. The molecule has 0 amide bonds. The molecule has 4 nitrogen and oxygen atoms in total. The Balaban J connectivity index is 2.21. The van der Waals surface area contributed by atoms with E-state index in [2.05, 4.69) is 19.9 Å². The largest absolute Gasteiger partial charge is 0.262 e. The lowest BCUT2D eigenvalue weighted by atomic mass is 10.4. The van der Waals surface area contributed by atoms with Crippen LogP contribution >= 0.6 is 11.3 Å². The first-order valence-corrected chi connectivity index (χ1v) is 5.22. The number of hydrogen-bond acceptors (Lipinski definition) is 5. The van der Waals surface area contributed by atoms with Gasteiger partial charge >= 0.3 is 0 Å². The van der Waals surface area contributed by atoms with Crippen LogP contribution in [-0.2, 0) is 0 Å². The zero-order valence-electron chi connectivity index (χ0n) is 7.66. The maximum Gasteiger partial charge on any atom is 0.144 e. The molecular formula is C10H6N4S. The third-order valence-corrected chi connectivity index (χ3v) is 3.03. The van der Waals surface area contributed by atoms with Crippen molar-refractivity contribution in [1.82, 2.24) is 19.9 Å². The molecule has 15 heavy (non-hydrogen) atoms. The second-order valence-corrected chi connectivity index (χ2v) is 3.98. The lowest BCUT2D eigenvalue weighted by Gasteiger charge is -1.90. The van der Waals surface area contributed by atoms with Gasteiger partial charge in [-0.1, -0.05) is 0 Å². The van der Waals surface area contributed by atoms with Gasteiger partial charge in [0.1, 0.15) is 16.2 Å². The van der Waals surface area contributed by atoms with Crippen molar-refractivity contribution in [3.05, 3.63) is 37.1 Å². The molecular weight excluding hydrogens is 208 g/mol. The molecule has 3 rings (SSSR count). The van der Waals surface area contributed by atoms with Crippen LogP contribution in [0.15, 0.2) is 37.1 Å². The number of fused-ring (bicyclic) bond motifs is 1. The summed E-state index contributed by atoms with van der Waals surface area (Å²) < 4.78 is 1.12. The van der Waals surface area contributed by atoms with E-state index >= 15 is 0 Å². The second kappa shape index (κ2) is 3.36. The van der Waals surface area contributed by atoms with Crippen molar-refractivity contribution < 1.29 is 0 Å². The SMILES string of the molecule is c1cnc(-c2nc3cnccc3s2)cn1. The van der Waals surface area contributed by atoms with Gasteiger partial charge in [-0.2, -0.15) is 0 Å². The van der Waals surface area contributed by atoms with Crippen LogP contribution in [0.3, 0.4) is 0 Å². The molecule has 72 valence electrons. The smallest absolute Gasteiger partial charge is 0.144 e. The van der Waals surface area contributed by atoms with E-state index in [9.17, 15) is 0 Å². The molecule has 0 aromatic carbocycles. The van der Waals surface area contributed by atoms with Crippen LogP contribution in [0.4, 0.5) is 0 Å². The number of nitrogens with zero attached hydrogens (tertiary/aromatic N) is 4. The molecule has 0 aliphatic carbocycles. The van der Waals surface area contributed by atoms with E-state index in [4.69, 9.17) is 0 Å². The number of pyridine rings is 1. The van der Waals surface area contributed by atoms with Crippen molar-refractivity contribution in [1.29, 1.82) is 0 Å². The highest BCUT2D eigenvalue weighted by Gasteiger charge is 2.06. The van der Waals surface area contributed by atoms with E-state index < -0.39 is 0 Å². The van der Waals surface area contributed by atoms with Gasteiger partial charge in [-0.15, -0.1) is 11.3 Å². The van der Waals surface area contributed by atoms with Crippen LogP contribution in [-0.4, -0.2) is 19.9 Å². The fraction of sp³-hybridized carbons (Fsp3) is 0. The Labute approximate surface area is 89.7 Å². The van der Waals surface area contributed by atoms with Gasteiger partial charge in [-0.3, -0.25) is 15.0 Å². The van der Waals surface area contributed by atoms with Crippen molar-refractivity contribution in [2.45, 2.75) is 0 Å². The minimum absolute atomic E-state index is 0.804. The Kier molecular flexibility index (Phi) is 1.89. The highest BCUT2D eigenvalue weighted by Crippen LogP contribution is 2.27. The van der Waals surface area contributed by atoms with Crippen LogP contribution in [0.2, 0.25) is 0 Å². The minimum atomic E-state index is 0.804. The zero-order chi connectivity index (χ0) is 10.1. The van der Waals surface area contributed by atoms with Crippen molar-refractivity contribution in [2.24, 2.45) is 0 Å². The van der Waals surface area contributed by atoms with Gasteiger partial charge < -0.3 is 0 Å². The third-order valence-electron chi connectivity index (χ3n) is 1.97. The molecule has 0 unspecified atom stereocenters. The summed E-state index contributed by atoms with van der Waals surface area (Å²) in [5, 5.41) is 0.881. The van der Waals surface area contributed by atoms with Gasteiger partial charge in [0.25, 0.3) is 0 Å². The summed E-state index contributed by atoms with van der Waals surface area (Å²) in [4.78, 5) is 16.7. The summed E-state index contributed by atoms with van der Waals surface area (Å²) in [6.45, 7) is 0. The molecule has 0 aliphatic rings. The summed E-state index contributed by atoms with van der Waals surface area (Å²) in [6, 6.07) is 1.95. The summed E-state index contributed by atoms with van der Waals surface area (Å²) in [5.74, 6) is 0. The Hall–Kier alpha value is -1.88. The molecule has 0 saturated carbocycles. The Morgan fingerprint density at radius 2 is 1.93 bits per heavy atom. The van der Waals surface area contributed by atoms with Crippen molar-refractivity contribution in [3.8, 4) is 10.7 Å². The standard InChI is InChI=1S/C10H6N4S/c1-2-11-5-7-9(1)15-10(14-7)8-6-12-3-4-13-8/h1-6H. The number of aromatic nitrogens is 4. The fourth-order valence-electron chi connectivity index (χ4n) is 1.30. The lowest BCUT2D eigenvalue weighted by molar-refractivity contribution is 1.20. The topological polar surface area (TPSA) is 51.6 Å². The van der Waals surface area contributed by atoms with Crippen molar-refractivity contribution >= 4 is 21.6 Å². The van der Waals surface area contributed by atoms with Gasteiger partial charge in [0.15, 0.2) is 0 Å². The van der Waals surface area contributed by atoms with E-state index in [-0.39, 0.29) is 0 Å². The number of rotatable bonds is 1. The molecule has 3 aromatic rings. The fourth-order valence-corrected chi connectivity index (χ4v) is 2.19. The molecule has 0 atom stereocenters. The molecule has 0 fully saturated rings. The minimum Gasteiger partial charge on any atom is -0.262 e. The zero-order valence-corrected chi connectivity index (χ0v) is 8.48. The van der Waals surface area contributed by atoms with Crippen LogP contribution in [0.5, 0.6) is 0 Å². The van der Waals surface area contributed by atoms with Gasteiger partial charge in [-0.05, 0) is 6.07 Å². The molecule has 0 radical (unpaired) electrons. The molecule has 3 aromatic heterocycles. The molecule has 0 aliphatic heterocycles. The lowest BCUT2D eigenvalue weighted by Crippen LogP contribution is -1.82. The predicted octanol–water partition coefficient (Wildman–Crippen LogP) is 2.15. The van der Waals surface area contributed by atoms with Crippen molar-refractivity contribution in [2.75, 3.05) is 0 Å². The normalized spacial score (nSPS) is 10.7. The van der Waals surface area contributed by atoms with Crippen LogP contribution in [0.1, 0.15) is 0 Å². The van der Waals surface area contributed by atoms with E-state index in [1.165, 1.54) is 0 Å². The first-order valence-electron chi connectivity index (χ1n) is 4.40. The van der Waals surface area contributed by atoms with Gasteiger partial charge in [0.05, 0.1) is 17.1 Å². The van der Waals surface area contributed by atoms with E-state index in [0.717, 1.165) is 20.9 Å². The molecule has 0 saturated heterocycles. The van der Waals surface area contributed by atoms with Crippen LogP contribution in [0.25, 0.3) is 20.9 Å². The number of thiazole rings is 1. The van der Waals surface area contributed by atoms with E-state index in [1.54, 1.807) is 42.3 Å². The summed E-state index contributed by atoms with van der Waals surface area (Å²) >= 11 is 1.60. The monoisotopic (exact) mass is 214 g/mol. The first-order chi connectivity index (χ1) is 7.43. The van der Waals surface area contributed by atoms with Gasteiger partial charge in [-0.25, -0.2) is 4.98 Å². The van der Waals surface area contributed by atoms with Crippen molar-refractivity contribution in [3.63, 3.8) is 0 Å².